The van der Waals surface area contributed by atoms with Gasteiger partial charge in [0.2, 0.25) is 0 Å². The summed E-state index contributed by atoms with van der Waals surface area (Å²) < 4.78 is 11.0. The van der Waals surface area contributed by atoms with E-state index in [2.05, 4.69) is 26.5 Å². The van der Waals surface area contributed by atoms with Crippen LogP contribution in [0.3, 0.4) is 0 Å². The number of aliphatic carboxylic acids is 1. The Morgan fingerprint density at radius 2 is 2.08 bits per heavy atom. The Morgan fingerprint density at radius 1 is 1.36 bits per heavy atom. The van der Waals surface area contributed by atoms with E-state index in [1.807, 2.05) is 24.3 Å². The summed E-state index contributed by atoms with van der Waals surface area (Å²) in [6.07, 6.45) is 1.63. The van der Waals surface area contributed by atoms with Gasteiger partial charge in [0.15, 0.2) is 18.1 Å². The van der Waals surface area contributed by atoms with Gasteiger partial charge in [0.05, 0.1) is 24.3 Å². The van der Waals surface area contributed by atoms with E-state index in [1.165, 1.54) is 7.11 Å². The first kappa shape index (κ1) is 19.1. The minimum Gasteiger partial charge on any atom is -0.493 e. The van der Waals surface area contributed by atoms with E-state index in [1.54, 1.807) is 18.3 Å². The lowest BCUT2D eigenvalue weighted by Gasteiger charge is -2.12. The fourth-order valence-corrected chi connectivity index (χ4v) is 2.65. The molecule has 6 nitrogen and oxygen atoms in total. The quantitative estimate of drug-likeness (QED) is 0.496. The molecule has 0 amide bonds. The van der Waals surface area contributed by atoms with Crippen LogP contribution in [0.1, 0.15) is 11.1 Å². The molecule has 0 atom stereocenters. The molecule has 2 rings (SSSR count). The van der Waals surface area contributed by atoms with Crippen LogP contribution >= 0.6 is 27.5 Å². The van der Waals surface area contributed by atoms with E-state index in [0.717, 1.165) is 11.1 Å². The van der Waals surface area contributed by atoms with Crippen LogP contribution in [0.5, 0.6) is 11.5 Å². The Morgan fingerprint density at radius 3 is 2.72 bits per heavy atom. The number of halogens is 2. The van der Waals surface area contributed by atoms with Crippen LogP contribution in [0, 0.1) is 0 Å². The Balaban J connectivity index is 2.02. The van der Waals surface area contributed by atoms with Crippen LogP contribution in [-0.4, -0.2) is 31.0 Å². The van der Waals surface area contributed by atoms with Crippen molar-refractivity contribution >= 4 is 39.7 Å². The number of nitrogens with zero attached hydrogens (tertiary/aromatic N) is 1. The summed E-state index contributed by atoms with van der Waals surface area (Å²) in [5.74, 6) is -0.322. The molecular formula is C17H16BrClN2O4. The lowest BCUT2D eigenvalue weighted by molar-refractivity contribution is -0.139. The first-order valence-corrected chi connectivity index (χ1v) is 8.39. The summed E-state index contributed by atoms with van der Waals surface area (Å²) in [6.45, 7) is 0.108. The summed E-state index contributed by atoms with van der Waals surface area (Å²) in [5, 5.41) is 13.6. The van der Waals surface area contributed by atoms with Crippen molar-refractivity contribution in [1.82, 2.24) is 5.43 Å². The van der Waals surface area contributed by atoms with Gasteiger partial charge in [-0.2, -0.15) is 5.10 Å². The van der Waals surface area contributed by atoms with Gasteiger partial charge in [-0.05, 0) is 51.3 Å². The predicted octanol–water partition coefficient (Wildman–Crippen LogP) is 3.70. The normalized spacial score (nSPS) is 10.7. The largest absolute Gasteiger partial charge is 0.493 e. The average Bonchev–Trinajstić information content (AvgIpc) is 2.58. The maximum absolute atomic E-state index is 10.6. The Bertz CT molecular complexity index is 766. The third-order valence-corrected chi connectivity index (χ3v) is 3.93. The second kappa shape index (κ2) is 9.29. The van der Waals surface area contributed by atoms with E-state index in [4.69, 9.17) is 26.2 Å². The standard InChI is InChI=1S/C17H16BrClN2O4/c1-24-15-7-12(6-14(18)17(15)25-10-16(22)23)9-21-20-8-11-2-4-13(19)5-3-11/h2-7,9,20H,8,10H2,1H3,(H,22,23)/b21-9-. The molecule has 8 heteroatoms. The third-order valence-electron chi connectivity index (χ3n) is 3.09. The van der Waals surface area contributed by atoms with E-state index >= 15 is 0 Å². The molecule has 2 N–H and O–H groups in total. The molecule has 0 spiro atoms. The molecule has 25 heavy (non-hydrogen) atoms. The van der Waals surface area contributed by atoms with Gasteiger partial charge in [-0.25, -0.2) is 4.79 Å². The fraction of sp³-hybridized carbons (Fsp3) is 0.176. The summed E-state index contributed by atoms with van der Waals surface area (Å²) in [7, 11) is 1.48. The van der Waals surface area contributed by atoms with Crippen molar-refractivity contribution in [1.29, 1.82) is 0 Å². The molecule has 0 aliphatic heterocycles. The second-order valence-electron chi connectivity index (χ2n) is 4.94. The summed E-state index contributed by atoms with van der Waals surface area (Å²) in [4.78, 5) is 10.6. The molecule has 2 aromatic carbocycles. The molecule has 0 radical (unpaired) electrons. The molecular weight excluding hydrogens is 412 g/mol. The number of carbonyl (C=O) groups is 1. The number of methoxy groups -OCH3 is 1. The molecule has 0 aromatic heterocycles. The van der Waals surface area contributed by atoms with Crippen molar-refractivity contribution in [3.63, 3.8) is 0 Å². The molecule has 0 fully saturated rings. The molecule has 0 bridgehead atoms. The third kappa shape index (κ3) is 5.95. The number of ether oxygens (including phenoxy) is 2. The monoisotopic (exact) mass is 426 g/mol. The van der Waals surface area contributed by atoms with E-state index < -0.39 is 12.6 Å². The van der Waals surface area contributed by atoms with Gasteiger partial charge in [0, 0.05) is 5.02 Å². The Kier molecular flexibility index (Phi) is 7.09. The molecule has 0 aliphatic carbocycles. The van der Waals surface area contributed by atoms with Gasteiger partial charge < -0.3 is 20.0 Å². The van der Waals surface area contributed by atoms with Gasteiger partial charge in [0.25, 0.3) is 0 Å². The highest BCUT2D eigenvalue weighted by Crippen LogP contribution is 2.36. The topological polar surface area (TPSA) is 80.1 Å². The summed E-state index contributed by atoms with van der Waals surface area (Å²) in [5.41, 5.74) is 4.76. The van der Waals surface area contributed by atoms with Crippen LogP contribution in [0.2, 0.25) is 5.02 Å². The molecule has 132 valence electrons. The molecule has 2 aromatic rings. The van der Waals surface area contributed by atoms with Crippen molar-refractivity contribution in [2.45, 2.75) is 6.54 Å². The highest BCUT2D eigenvalue weighted by atomic mass is 79.9. The SMILES string of the molecule is COc1cc(/C=N\NCc2ccc(Cl)cc2)cc(Br)c1OCC(=O)O. The number of rotatable bonds is 8. The van der Waals surface area contributed by atoms with E-state index in [-0.39, 0.29) is 0 Å². The van der Waals surface area contributed by atoms with Crippen LogP contribution in [-0.2, 0) is 11.3 Å². The Labute approximate surface area is 158 Å². The smallest absolute Gasteiger partial charge is 0.341 e. The predicted molar refractivity (Wildman–Crippen MR) is 99.7 cm³/mol. The Hall–Kier alpha value is -2.25. The second-order valence-corrected chi connectivity index (χ2v) is 6.23. The molecule has 0 saturated carbocycles. The number of benzene rings is 2. The maximum Gasteiger partial charge on any atom is 0.341 e. The van der Waals surface area contributed by atoms with Crippen molar-refractivity contribution in [2.75, 3.05) is 13.7 Å². The first-order valence-electron chi connectivity index (χ1n) is 7.22. The van der Waals surface area contributed by atoms with E-state index in [0.29, 0.717) is 27.5 Å². The number of hydrogen-bond donors (Lipinski definition) is 2. The van der Waals surface area contributed by atoms with Crippen molar-refractivity contribution < 1.29 is 19.4 Å². The zero-order valence-corrected chi connectivity index (χ0v) is 15.7. The zero-order valence-electron chi connectivity index (χ0n) is 13.3. The van der Waals surface area contributed by atoms with Crippen molar-refractivity contribution in [3.8, 4) is 11.5 Å². The van der Waals surface area contributed by atoms with Crippen LogP contribution in [0.25, 0.3) is 0 Å². The molecule has 0 unspecified atom stereocenters. The van der Waals surface area contributed by atoms with Gasteiger partial charge in [-0.3, -0.25) is 0 Å². The fourth-order valence-electron chi connectivity index (χ4n) is 1.95. The zero-order chi connectivity index (χ0) is 18.2. The first-order chi connectivity index (χ1) is 12.0. The number of hydrogen-bond acceptors (Lipinski definition) is 5. The van der Waals surface area contributed by atoms with Crippen molar-refractivity contribution in [2.24, 2.45) is 5.10 Å². The van der Waals surface area contributed by atoms with Gasteiger partial charge in [-0.1, -0.05) is 23.7 Å². The van der Waals surface area contributed by atoms with Crippen LogP contribution in [0.15, 0.2) is 46.0 Å². The van der Waals surface area contributed by atoms with E-state index in [9.17, 15) is 4.79 Å². The lowest BCUT2D eigenvalue weighted by atomic mass is 10.2. The van der Waals surface area contributed by atoms with Crippen molar-refractivity contribution in [3.05, 3.63) is 57.0 Å². The molecule has 0 saturated heterocycles. The number of hydrazone groups is 1. The van der Waals surface area contributed by atoms with Crippen LogP contribution in [0.4, 0.5) is 0 Å². The minimum atomic E-state index is -1.06. The lowest BCUT2D eigenvalue weighted by Crippen LogP contribution is -2.10. The van der Waals surface area contributed by atoms with Gasteiger partial charge in [-0.15, -0.1) is 0 Å². The van der Waals surface area contributed by atoms with Gasteiger partial charge in [0.1, 0.15) is 0 Å². The molecule has 0 heterocycles. The van der Waals surface area contributed by atoms with Gasteiger partial charge >= 0.3 is 5.97 Å². The highest BCUT2D eigenvalue weighted by molar-refractivity contribution is 9.10. The average molecular weight is 428 g/mol. The summed E-state index contributed by atoms with van der Waals surface area (Å²) >= 11 is 9.19. The minimum absolute atomic E-state index is 0.330. The number of carboxylic acid groups (broad SMARTS) is 1. The maximum atomic E-state index is 10.6. The number of nitrogens with one attached hydrogen (secondary N) is 1. The van der Waals surface area contributed by atoms with Crippen LogP contribution < -0.4 is 14.9 Å². The highest BCUT2D eigenvalue weighted by Gasteiger charge is 2.12. The molecule has 0 aliphatic rings. The summed E-state index contributed by atoms with van der Waals surface area (Å²) in [6, 6.07) is 10.9. The number of carboxylic acids is 1.